The molecule has 1 saturated heterocycles. The van der Waals surface area contributed by atoms with Gasteiger partial charge in [0.15, 0.2) is 0 Å². The van der Waals surface area contributed by atoms with Gasteiger partial charge in [-0.3, -0.25) is 19.4 Å². The molecular formula is C24H29FN4O2. The van der Waals surface area contributed by atoms with Gasteiger partial charge in [0.1, 0.15) is 11.9 Å². The van der Waals surface area contributed by atoms with Crippen molar-refractivity contribution < 1.29 is 14.0 Å². The third kappa shape index (κ3) is 5.89. The Hall–Kier alpha value is -2.77. The quantitative estimate of drug-likeness (QED) is 0.717. The standard InChI is InChI=1S/C24H29FN4O2/c1-17-2-8-20(9-3-17)26-22(30)16-28-12-14-29(15-13-28)23(24(31)27-21-10-11-21)18-4-6-19(25)7-5-18/h2-9,21,23H,10-16H2,1H3,(H,26,30)(H,27,31). The van der Waals surface area contributed by atoms with Crippen molar-refractivity contribution in [3.63, 3.8) is 0 Å². The second-order valence-corrected chi connectivity index (χ2v) is 8.46. The fourth-order valence-corrected chi connectivity index (χ4v) is 3.90. The molecule has 1 aliphatic heterocycles. The second kappa shape index (κ2) is 9.58. The molecule has 4 rings (SSSR count). The van der Waals surface area contributed by atoms with Gasteiger partial charge >= 0.3 is 0 Å². The van der Waals surface area contributed by atoms with E-state index in [1.165, 1.54) is 12.1 Å². The number of hydrogen-bond donors (Lipinski definition) is 2. The lowest BCUT2D eigenvalue weighted by molar-refractivity contribution is -0.128. The van der Waals surface area contributed by atoms with Gasteiger partial charge in [-0.25, -0.2) is 4.39 Å². The lowest BCUT2D eigenvalue weighted by Crippen LogP contribution is -2.52. The number of anilines is 1. The molecule has 1 saturated carbocycles. The number of carbonyl (C=O) groups is 2. The average Bonchev–Trinajstić information content (AvgIpc) is 3.56. The first-order valence-corrected chi connectivity index (χ1v) is 10.9. The van der Waals surface area contributed by atoms with E-state index in [0.29, 0.717) is 32.7 Å². The Morgan fingerprint density at radius 2 is 1.65 bits per heavy atom. The minimum absolute atomic E-state index is 0.0281. The van der Waals surface area contributed by atoms with Gasteiger partial charge in [0.2, 0.25) is 11.8 Å². The summed E-state index contributed by atoms with van der Waals surface area (Å²) in [5, 5.41) is 6.02. The van der Waals surface area contributed by atoms with Crippen molar-refractivity contribution >= 4 is 17.5 Å². The first-order valence-electron chi connectivity index (χ1n) is 10.9. The van der Waals surface area contributed by atoms with Crippen LogP contribution in [-0.4, -0.2) is 60.4 Å². The van der Waals surface area contributed by atoms with Gasteiger partial charge in [0.05, 0.1) is 6.54 Å². The summed E-state index contributed by atoms with van der Waals surface area (Å²) >= 11 is 0. The van der Waals surface area contributed by atoms with Crippen LogP contribution >= 0.6 is 0 Å². The Bertz CT molecular complexity index is 904. The summed E-state index contributed by atoms with van der Waals surface area (Å²) in [6, 6.07) is 13.7. The fourth-order valence-electron chi connectivity index (χ4n) is 3.90. The maximum atomic E-state index is 13.4. The maximum absolute atomic E-state index is 13.4. The number of nitrogens with one attached hydrogen (secondary N) is 2. The second-order valence-electron chi connectivity index (χ2n) is 8.46. The third-order valence-electron chi connectivity index (χ3n) is 5.83. The van der Waals surface area contributed by atoms with Crippen molar-refractivity contribution in [1.82, 2.24) is 15.1 Å². The van der Waals surface area contributed by atoms with Crippen molar-refractivity contribution in [2.75, 3.05) is 38.0 Å². The predicted molar refractivity (Wildman–Crippen MR) is 118 cm³/mol. The van der Waals surface area contributed by atoms with Gasteiger partial charge < -0.3 is 10.6 Å². The zero-order valence-corrected chi connectivity index (χ0v) is 17.8. The summed E-state index contributed by atoms with van der Waals surface area (Å²) < 4.78 is 13.4. The smallest absolute Gasteiger partial charge is 0.242 e. The SMILES string of the molecule is Cc1ccc(NC(=O)CN2CCN(C(C(=O)NC3CC3)c3ccc(F)cc3)CC2)cc1. The van der Waals surface area contributed by atoms with Gasteiger partial charge in [0.25, 0.3) is 0 Å². The molecule has 164 valence electrons. The van der Waals surface area contributed by atoms with Crippen LogP contribution in [0, 0.1) is 12.7 Å². The highest BCUT2D eigenvalue weighted by Crippen LogP contribution is 2.26. The van der Waals surface area contributed by atoms with Crippen molar-refractivity contribution in [3.8, 4) is 0 Å². The van der Waals surface area contributed by atoms with Gasteiger partial charge in [-0.1, -0.05) is 29.8 Å². The normalized spacial score (nSPS) is 18.4. The Balaban J connectivity index is 1.34. The van der Waals surface area contributed by atoms with Crippen LogP contribution in [0.3, 0.4) is 0 Å². The van der Waals surface area contributed by atoms with E-state index in [1.807, 2.05) is 31.2 Å². The van der Waals surface area contributed by atoms with Crippen molar-refractivity contribution in [2.45, 2.75) is 31.8 Å². The van der Waals surface area contributed by atoms with E-state index in [-0.39, 0.29) is 23.7 Å². The monoisotopic (exact) mass is 424 g/mol. The molecule has 2 N–H and O–H groups in total. The molecule has 2 amide bonds. The average molecular weight is 425 g/mol. The van der Waals surface area contributed by atoms with E-state index in [9.17, 15) is 14.0 Å². The Morgan fingerprint density at radius 1 is 1.00 bits per heavy atom. The van der Waals surface area contributed by atoms with Crippen LogP contribution in [0.4, 0.5) is 10.1 Å². The number of piperazine rings is 1. The molecule has 2 aliphatic rings. The number of halogens is 1. The first kappa shape index (κ1) is 21.5. The number of benzene rings is 2. The first-order chi connectivity index (χ1) is 15.0. The molecule has 31 heavy (non-hydrogen) atoms. The van der Waals surface area contributed by atoms with E-state index in [1.54, 1.807) is 12.1 Å². The molecule has 0 spiro atoms. The molecule has 1 unspecified atom stereocenters. The van der Waals surface area contributed by atoms with Gasteiger partial charge in [-0.05, 0) is 49.6 Å². The highest BCUT2D eigenvalue weighted by molar-refractivity contribution is 5.92. The Kier molecular flexibility index (Phi) is 6.63. The summed E-state index contributed by atoms with van der Waals surface area (Å²) in [6.45, 7) is 5.04. The molecule has 2 fully saturated rings. The number of hydrogen-bond acceptors (Lipinski definition) is 4. The zero-order valence-electron chi connectivity index (χ0n) is 17.8. The highest BCUT2D eigenvalue weighted by Gasteiger charge is 2.34. The van der Waals surface area contributed by atoms with Crippen molar-refractivity contribution in [3.05, 3.63) is 65.5 Å². The largest absolute Gasteiger partial charge is 0.352 e. The number of rotatable bonds is 7. The lowest BCUT2D eigenvalue weighted by atomic mass is 10.0. The number of nitrogens with zero attached hydrogens (tertiary/aromatic N) is 2. The molecule has 0 bridgehead atoms. The topological polar surface area (TPSA) is 64.7 Å². The summed E-state index contributed by atoms with van der Waals surface area (Å²) in [5.41, 5.74) is 2.74. The minimum Gasteiger partial charge on any atom is -0.352 e. The fraction of sp³-hybridized carbons (Fsp3) is 0.417. The molecule has 2 aromatic rings. The highest BCUT2D eigenvalue weighted by atomic mass is 19.1. The van der Waals surface area contributed by atoms with Gasteiger partial charge in [-0.15, -0.1) is 0 Å². The maximum Gasteiger partial charge on any atom is 0.242 e. The third-order valence-corrected chi connectivity index (χ3v) is 5.83. The van der Waals surface area contributed by atoms with Crippen LogP contribution < -0.4 is 10.6 Å². The summed E-state index contributed by atoms with van der Waals surface area (Å²) in [6.07, 6.45) is 2.04. The van der Waals surface area contributed by atoms with Crippen LogP contribution in [-0.2, 0) is 9.59 Å². The molecule has 1 atom stereocenters. The number of amides is 2. The van der Waals surface area contributed by atoms with Crippen LogP contribution in [0.15, 0.2) is 48.5 Å². The van der Waals surface area contributed by atoms with Crippen molar-refractivity contribution in [2.24, 2.45) is 0 Å². The van der Waals surface area contributed by atoms with Gasteiger partial charge in [-0.2, -0.15) is 0 Å². The number of carbonyl (C=O) groups excluding carboxylic acids is 2. The molecule has 0 aromatic heterocycles. The molecule has 6 nitrogen and oxygen atoms in total. The van der Waals surface area contributed by atoms with E-state index in [0.717, 1.165) is 29.7 Å². The predicted octanol–water partition coefficient (Wildman–Crippen LogP) is 2.71. The Morgan fingerprint density at radius 3 is 2.26 bits per heavy atom. The van der Waals surface area contributed by atoms with E-state index < -0.39 is 6.04 Å². The summed E-state index contributed by atoms with van der Waals surface area (Å²) in [7, 11) is 0. The molecule has 7 heteroatoms. The van der Waals surface area contributed by atoms with Crippen LogP contribution in [0.5, 0.6) is 0 Å². The van der Waals surface area contributed by atoms with E-state index in [2.05, 4.69) is 20.4 Å². The van der Waals surface area contributed by atoms with E-state index in [4.69, 9.17) is 0 Å². The zero-order chi connectivity index (χ0) is 21.8. The summed E-state index contributed by atoms with van der Waals surface area (Å²) in [5.74, 6) is -0.381. The Labute approximate surface area is 182 Å². The van der Waals surface area contributed by atoms with Crippen molar-refractivity contribution in [1.29, 1.82) is 0 Å². The van der Waals surface area contributed by atoms with Crippen LogP contribution in [0.25, 0.3) is 0 Å². The van der Waals surface area contributed by atoms with Crippen LogP contribution in [0.2, 0.25) is 0 Å². The molecule has 1 heterocycles. The molecular weight excluding hydrogens is 395 g/mol. The summed E-state index contributed by atoms with van der Waals surface area (Å²) in [4.78, 5) is 29.6. The van der Waals surface area contributed by atoms with Crippen LogP contribution in [0.1, 0.15) is 30.0 Å². The van der Waals surface area contributed by atoms with E-state index >= 15 is 0 Å². The molecule has 0 radical (unpaired) electrons. The number of aryl methyl sites for hydroxylation is 1. The minimum atomic E-state index is -0.440. The molecule has 1 aliphatic carbocycles. The molecule has 2 aromatic carbocycles. The van der Waals surface area contributed by atoms with Gasteiger partial charge in [0, 0.05) is 37.9 Å². The lowest BCUT2D eigenvalue weighted by Gasteiger charge is -2.38.